The lowest BCUT2D eigenvalue weighted by atomic mass is 9.97. The zero-order valence-corrected chi connectivity index (χ0v) is 15.3. The lowest BCUT2D eigenvalue weighted by molar-refractivity contribution is -0.126. The van der Waals surface area contributed by atoms with Gasteiger partial charge in [-0.05, 0) is 43.5 Å². The summed E-state index contributed by atoms with van der Waals surface area (Å²) in [6.07, 6.45) is 1.83. The average molecular weight is 375 g/mol. The second kappa shape index (κ2) is 8.80. The third-order valence-electron chi connectivity index (χ3n) is 4.10. The van der Waals surface area contributed by atoms with E-state index in [2.05, 4.69) is 5.32 Å². The van der Waals surface area contributed by atoms with Crippen LogP contribution in [-0.4, -0.2) is 52.0 Å². The Balaban J connectivity index is 1.87. The summed E-state index contributed by atoms with van der Waals surface area (Å²) < 4.78 is 31.5. The number of benzene rings is 1. The zero-order valence-electron chi connectivity index (χ0n) is 13.7. The number of hydrogen-bond acceptors (Lipinski definition) is 4. The van der Waals surface area contributed by atoms with Crippen molar-refractivity contribution in [3.8, 4) is 0 Å². The van der Waals surface area contributed by atoms with Gasteiger partial charge in [-0.15, -0.1) is 0 Å². The van der Waals surface area contributed by atoms with Crippen LogP contribution in [0.4, 0.5) is 0 Å². The second-order valence-corrected chi connectivity index (χ2v) is 8.14. The summed E-state index contributed by atoms with van der Waals surface area (Å²) in [5.74, 6) is -0.140. The maximum atomic E-state index is 12.6. The standard InChI is InChI=1S/C16H23ClN2O4S/c1-23-12-2-9-18-16(20)13-7-10-19(11-8-13)24(21,22)15-5-3-14(17)4-6-15/h3-6,13H,2,7-12H2,1H3,(H,18,20). The molecule has 1 heterocycles. The number of carbonyl (C=O) groups is 1. The monoisotopic (exact) mass is 374 g/mol. The number of carbonyl (C=O) groups excluding carboxylic acids is 1. The average Bonchev–Trinajstić information content (AvgIpc) is 2.59. The molecule has 1 N–H and O–H groups in total. The summed E-state index contributed by atoms with van der Waals surface area (Å²) in [7, 11) is -1.90. The molecule has 1 aliphatic rings. The number of nitrogens with one attached hydrogen (secondary N) is 1. The topological polar surface area (TPSA) is 75.7 Å². The number of piperidine rings is 1. The molecule has 0 aromatic heterocycles. The highest BCUT2D eigenvalue weighted by Gasteiger charge is 2.31. The van der Waals surface area contributed by atoms with Crippen LogP contribution in [0.1, 0.15) is 19.3 Å². The molecule has 2 rings (SSSR count). The van der Waals surface area contributed by atoms with Gasteiger partial charge in [-0.25, -0.2) is 8.42 Å². The normalized spacial score (nSPS) is 16.9. The minimum Gasteiger partial charge on any atom is -0.385 e. The third-order valence-corrected chi connectivity index (χ3v) is 6.27. The van der Waals surface area contributed by atoms with Crippen LogP contribution < -0.4 is 5.32 Å². The van der Waals surface area contributed by atoms with Gasteiger partial charge in [0.15, 0.2) is 0 Å². The van der Waals surface area contributed by atoms with Crippen LogP contribution >= 0.6 is 11.6 Å². The van der Waals surface area contributed by atoms with Gasteiger partial charge in [0.25, 0.3) is 0 Å². The van der Waals surface area contributed by atoms with E-state index in [0.29, 0.717) is 44.1 Å². The van der Waals surface area contributed by atoms with Gasteiger partial charge in [0.05, 0.1) is 4.90 Å². The number of amides is 1. The van der Waals surface area contributed by atoms with Gasteiger partial charge in [0.2, 0.25) is 15.9 Å². The summed E-state index contributed by atoms with van der Waals surface area (Å²) in [4.78, 5) is 12.3. The molecule has 0 atom stereocenters. The number of sulfonamides is 1. The molecule has 1 aromatic carbocycles. The fourth-order valence-corrected chi connectivity index (χ4v) is 4.28. The highest BCUT2D eigenvalue weighted by atomic mass is 35.5. The molecule has 1 fully saturated rings. The van der Waals surface area contributed by atoms with Crippen molar-refractivity contribution in [2.45, 2.75) is 24.2 Å². The summed E-state index contributed by atoms with van der Waals surface area (Å²) in [5.41, 5.74) is 0. The molecule has 134 valence electrons. The Morgan fingerprint density at radius 3 is 2.50 bits per heavy atom. The summed E-state index contributed by atoms with van der Waals surface area (Å²) in [6.45, 7) is 1.89. The summed E-state index contributed by atoms with van der Waals surface area (Å²) in [5, 5.41) is 3.38. The quantitative estimate of drug-likeness (QED) is 0.739. The van der Waals surface area contributed by atoms with Crippen molar-refractivity contribution in [1.82, 2.24) is 9.62 Å². The Hall–Kier alpha value is -1.15. The SMILES string of the molecule is COCCCNC(=O)C1CCN(S(=O)(=O)c2ccc(Cl)cc2)CC1. The van der Waals surface area contributed by atoms with Crippen LogP contribution in [0.15, 0.2) is 29.2 Å². The van der Waals surface area contributed by atoms with E-state index in [0.717, 1.165) is 6.42 Å². The van der Waals surface area contributed by atoms with E-state index < -0.39 is 10.0 Å². The van der Waals surface area contributed by atoms with Crippen molar-refractivity contribution in [1.29, 1.82) is 0 Å². The van der Waals surface area contributed by atoms with Gasteiger partial charge in [0.1, 0.15) is 0 Å². The third kappa shape index (κ3) is 4.92. The number of halogens is 1. The second-order valence-electron chi connectivity index (χ2n) is 5.77. The van der Waals surface area contributed by atoms with Crippen molar-refractivity contribution in [2.75, 3.05) is 33.4 Å². The van der Waals surface area contributed by atoms with Crippen LogP contribution in [0.3, 0.4) is 0 Å². The molecule has 0 bridgehead atoms. The summed E-state index contributed by atoms with van der Waals surface area (Å²) >= 11 is 5.80. The fourth-order valence-electron chi connectivity index (χ4n) is 2.69. The van der Waals surface area contributed by atoms with Gasteiger partial charge in [0, 0.05) is 44.3 Å². The number of methoxy groups -OCH3 is 1. The Labute approximate surface area is 148 Å². The Morgan fingerprint density at radius 2 is 1.92 bits per heavy atom. The number of ether oxygens (including phenoxy) is 1. The van der Waals surface area contributed by atoms with E-state index >= 15 is 0 Å². The van der Waals surface area contributed by atoms with Crippen LogP contribution in [0.5, 0.6) is 0 Å². The first-order chi connectivity index (χ1) is 11.4. The lowest BCUT2D eigenvalue weighted by Gasteiger charge is -2.30. The highest BCUT2D eigenvalue weighted by Crippen LogP contribution is 2.24. The first kappa shape index (κ1) is 19.2. The van der Waals surface area contributed by atoms with Gasteiger partial charge < -0.3 is 10.1 Å². The molecule has 0 aliphatic carbocycles. The molecule has 24 heavy (non-hydrogen) atoms. The molecule has 8 heteroatoms. The van der Waals surface area contributed by atoms with E-state index in [4.69, 9.17) is 16.3 Å². The maximum absolute atomic E-state index is 12.6. The van der Waals surface area contributed by atoms with E-state index in [1.54, 1.807) is 19.2 Å². The van der Waals surface area contributed by atoms with Crippen molar-refractivity contribution < 1.29 is 17.9 Å². The minimum absolute atomic E-state index is 0.00496. The maximum Gasteiger partial charge on any atom is 0.243 e. The predicted octanol–water partition coefficient (Wildman–Crippen LogP) is 1.89. The molecule has 0 saturated carbocycles. The number of nitrogens with zero attached hydrogens (tertiary/aromatic N) is 1. The van der Waals surface area contributed by atoms with Crippen molar-refractivity contribution in [2.24, 2.45) is 5.92 Å². The molecule has 0 unspecified atom stereocenters. The molecule has 0 spiro atoms. The van der Waals surface area contributed by atoms with Crippen LogP contribution in [0, 0.1) is 5.92 Å². The first-order valence-corrected chi connectivity index (χ1v) is 9.79. The van der Waals surface area contributed by atoms with Crippen molar-refractivity contribution in [3.05, 3.63) is 29.3 Å². The number of hydrogen-bond donors (Lipinski definition) is 1. The molecular formula is C16H23ClN2O4S. The first-order valence-electron chi connectivity index (χ1n) is 7.97. The lowest BCUT2D eigenvalue weighted by Crippen LogP contribution is -2.43. The Kier molecular flexibility index (Phi) is 7.03. The van der Waals surface area contributed by atoms with Gasteiger partial charge >= 0.3 is 0 Å². The molecule has 1 amide bonds. The molecule has 1 aromatic rings. The largest absolute Gasteiger partial charge is 0.385 e. The van der Waals surface area contributed by atoms with Gasteiger partial charge in [-0.3, -0.25) is 4.79 Å². The molecule has 1 saturated heterocycles. The molecule has 0 radical (unpaired) electrons. The van der Waals surface area contributed by atoms with E-state index in [-0.39, 0.29) is 16.7 Å². The van der Waals surface area contributed by atoms with E-state index in [1.165, 1.54) is 16.4 Å². The highest BCUT2D eigenvalue weighted by molar-refractivity contribution is 7.89. The smallest absolute Gasteiger partial charge is 0.243 e. The van der Waals surface area contributed by atoms with Crippen LogP contribution in [0.2, 0.25) is 5.02 Å². The van der Waals surface area contributed by atoms with Crippen molar-refractivity contribution in [3.63, 3.8) is 0 Å². The van der Waals surface area contributed by atoms with Crippen molar-refractivity contribution >= 4 is 27.5 Å². The molecule has 6 nitrogen and oxygen atoms in total. The van der Waals surface area contributed by atoms with Crippen LogP contribution in [0.25, 0.3) is 0 Å². The summed E-state index contributed by atoms with van der Waals surface area (Å²) in [6, 6.07) is 6.14. The Bertz CT molecular complexity index is 641. The van der Waals surface area contributed by atoms with Gasteiger partial charge in [-0.1, -0.05) is 11.6 Å². The van der Waals surface area contributed by atoms with E-state index in [9.17, 15) is 13.2 Å². The predicted molar refractivity (Wildman–Crippen MR) is 92.4 cm³/mol. The minimum atomic E-state index is -3.53. The van der Waals surface area contributed by atoms with E-state index in [1.807, 2.05) is 0 Å². The fraction of sp³-hybridized carbons (Fsp3) is 0.562. The van der Waals surface area contributed by atoms with Gasteiger partial charge in [-0.2, -0.15) is 4.31 Å². The zero-order chi connectivity index (χ0) is 17.6. The molecular weight excluding hydrogens is 352 g/mol. The van der Waals surface area contributed by atoms with Crippen LogP contribution in [-0.2, 0) is 19.6 Å². The number of rotatable bonds is 7. The Morgan fingerprint density at radius 1 is 1.29 bits per heavy atom. The molecule has 1 aliphatic heterocycles.